The fourth-order valence-corrected chi connectivity index (χ4v) is 2.66. The zero-order chi connectivity index (χ0) is 15.9. The van der Waals surface area contributed by atoms with E-state index in [4.69, 9.17) is 4.74 Å². The normalized spacial score (nSPS) is 24.3. The maximum Gasteiger partial charge on any atom is 0.244 e. The van der Waals surface area contributed by atoms with Crippen molar-refractivity contribution < 1.29 is 9.53 Å². The van der Waals surface area contributed by atoms with Crippen molar-refractivity contribution >= 4 is 12.0 Å². The van der Waals surface area contributed by atoms with Gasteiger partial charge in [0.05, 0.1) is 12.2 Å². The van der Waals surface area contributed by atoms with Crippen LogP contribution in [0, 0.1) is 0 Å². The minimum Gasteiger partial charge on any atom is -0.373 e. The van der Waals surface area contributed by atoms with Crippen LogP contribution >= 0.6 is 0 Å². The van der Waals surface area contributed by atoms with E-state index in [0.29, 0.717) is 12.6 Å². The van der Waals surface area contributed by atoms with Crippen LogP contribution in [0.25, 0.3) is 6.08 Å². The summed E-state index contributed by atoms with van der Waals surface area (Å²) in [5.74, 6) is -0.0786. The number of carbonyl (C=O) groups is 1. The second kappa shape index (κ2) is 8.06. The van der Waals surface area contributed by atoms with Gasteiger partial charge in [-0.15, -0.1) is 0 Å². The third-order valence-corrected chi connectivity index (χ3v) is 3.75. The van der Waals surface area contributed by atoms with E-state index < -0.39 is 0 Å². The van der Waals surface area contributed by atoms with Crippen molar-refractivity contribution in [1.29, 1.82) is 0 Å². The highest BCUT2D eigenvalue weighted by molar-refractivity contribution is 5.91. The molecule has 0 unspecified atom stereocenters. The Labute approximate surface area is 132 Å². The molecule has 0 aliphatic carbocycles. The molecule has 5 heteroatoms. The molecule has 0 bridgehead atoms. The molecule has 1 saturated heterocycles. The van der Waals surface area contributed by atoms with E-state index >= 15 is 0 Å². The summed E-state index contributed by atoms with van der Waals surface area (Å²) in [6, 6.07) is 4.06. The Morgan fingerprint density at radius 2 is 2.23 bits per heavy atom. The molecule has 120 valence electrons. The first kappa shape index (κ1) is 16.6. The van der Waals surface area contributed by atoms with E-state index in [1.54, 1.807) is 24.5 Å². The summed E-state index contributed by atoms with van der Waals surface area (Å²) in [4.78, 5) is 18.2. The number of hydrogen-bond donors (Lipinski definition) is 1. The number of hydrogen-bond acceptors (Lipinski definition) is 4. The predicted molar refractivity (Wildman–Crippen MR) is 87.3 cm³/mol. The van der Waals surface area contributed by atoms with Crippen molar-refractivity contribution in [1.82, 2.24) is 15.2 Å². The van der Waals surface area contributed by atoms with Crippen molar-refractivity contribution in [2.75, 3.05) is 19.6 Å². The number of aromatic nitrogens is 1. The van der Waals surface area contributed by atoms with E-state index in [9.17, 15) is 4.79 Å². The van der Waals surface area contributed by atoms with Gasteiger partial charge in [0.1, 0.15) is 0 Å². The van der Waals surface area contributed by atoms with E-state index in [2.05, 4.69) is 36.0 Å². The second-order valence-electron chi connectivity index (χ2n) is 5.93. The van der Waals surface area contributed by atoms with Crippen LogP contribution in [0.3, 0.4) is 0 Å². The summed E-state index contributed by atoms with van der Waals surface area (Å²) in [5, 5.41) is 2.95. The van der Waals surface area contributed by atoms with Gasteiger partial charge in [-0.25, -0.2) is 0 Å². The topological polar surface area (TPSA) is 54.5 Å². The van der Waals surface area contributed by atoms with Crippen LogP contribution in [0.15, 0.2) is 30.6 Å². The lowest BCUT2D eigenvalue weighted by Crippen LogP contribution is -2.52. The molecule has 1 amide bonds. The van der Waals surface area contributed by atoms with Crippen LogP contribution in [0.4, 0.5) is 0 Å². The predicted octanol–water partition coefficient (Wildman–Crippen LogP) is 1.71. The lowest BCUT2D eigenvalue weighted by molar-refractivity contribution is -0.117. The largest absolute Gasteiger partial charge is 0.373 e. The van der Waals surface area contributed by atoms with E-state index in [0.717, 1.165) is 18.7 Å². The number of nitrogens with zero attached hydrogens (tertiary/aromatic N) is 2. The molecule has 1 aromatic heterocycles. The Morgan fingerprint density at radius 1 is 1.50 bits per heavy atom. The first-order valence-corrected chi connectivity index (χ1v) is 7.80. The fraction of sp³-hybridized carbons (Fsp3) is 0.529. The molecule has 1 aliphatic rings. The smallest absolute Gasteiger partial charge is 0.244 e. The molecule has 1 fully saturated rings. The summed E-state index contributed by atoms with van der Waals surface area (Å²) in [7, 11) is 0. The highest BCUT2D eigenvalue weighted by atomic mass is 16.5. The molecule has 2 rings (SSSR count). The van der Waals surface area contributed by atoms with Crippen molar-refractivity contribution in [3.05, 3.63) is 36.2 Å². The highest BCUT2D eigenvalue weighted by Crippen LogP contribution is 2.13. The average molecular weight is 303 g/mol. The Morgan fingerprint density at radius 3 is 2.86 bits per heavy atom. The minimum absolute atomic E-state index is 0.0786. The zero-order valence-electron chi connectivity index (χ0n) is 13.5. The fourth-order valence-electron chi connectivity index (χ4n) is 2.66. The first-order chi connectivity index (χ1) is 10.5. The van der Waals surface area contributed by atoms with Crippen LogP contribution < -0.4 is 5.32 Å². The highest BCUT2D eigenvalue weighted by Gasteiger charge is 2.25. The molecule has 1 aliphatic heterocycles. The third kappa shape index (κ3) is 5.24. The lowest BCUT2D eigenvalue weighted by Gasteiger charge is -2.38. The Kier molecular flexibility index (Phi) is 6.10. The molecule has 0 radical (unpaired) electrons. The van der Waals surface area contributed by atoms with Crippen molar-refractivity contribution in [2.24, 2.45) is 0 Å². The van der Waals surface area contributed by atoms with Gasteiger partial charge in [0.2, 0.25) is 5.91 Å². The van der Waals surface area contributed by atoms with Gasteiger partial charge in [0, 0.05) is 44.1 Å². The summed E-state index contributed by atoms with van der Waals surface area (Å²) < 4.78 is 5.73. The molecular weight excluding hydrogens is 278 g/mol. The molecule has 22 heavy (non-hydrogen) atoms. The van der Waals surface area contributed by atoms with Gasteiger partial charge in [-0.05, 0) is 38.5 Å². The van der Waals surface area contributed by atoms with Crippen LogP contribution in [-0.2, 0) is 9.53 Å². The number of morpholine rings is 1. The Bertz CT molecular complexity index is 494. The van der Waals surface area contributed by atoms with Gasteiger partial charge < -0.3 is 10.1 Å². The standard InChI is InChI=1S/C17H25N3O2/c1-13(20-11-14(2)22-15(3)12-20)9-19-17(21)7-6-16-5-4-8-18-10-16/h4-8,10,13-15H,9,11-12H2,1-3H3,(H,19,21)/b7-6-/t13-,14-,15+/m1/s1. The molecule has 0 aromatic carbocycles. The number of pyridine rings is 1. The first-order valence-electron chi connectivity index (χ1n) is 7.80. The van der Waals surface area contributed by atoms with E-state index in [1.165, 1.54) is 0 Å². The summed E-state index contributed by atoms with van der Waals surface area (Å²) in [6.07, 6.45) is 7.24. The van der Waals surface area contributed by atoms with Crippen LogP contribution in [-0.4, -0.2) is 53.7 Å². The number of ether oxygens (including phenoxy) is 1. The lowest BCUT2D eigenvalue weighted by atomic mass is 10.1. The number of carbonyl (C=O) groups excluding carboxylic acids is 1. The van der Waals surface area contributed by atoms with Gasteiger partial charge >= 0.3 is 0 Å². The molecule has 5 nitrogen and oxygen atoms in total. The van der Waals surface area contributed by atoms with Gasteiger partial charge in [0.15, 0.2) is 0 Å². The molecule has 2 heterocycles. The molecule has 0 spiro atoms. The maximum atomic E-state index is 11.9. The van der Waals surface area contributed by atoms with Gasteiger partial charge in [-0.2, -0.15) is 0 Å². The SMILES string of the molecule is C[C@@H]1CN([C@H](C)CNC(=O)/C=C\c2cccnc2)C[C@H](C)O1. The van der Waals surface area contributed by atoms with Crippen LogP contribution in [0.1, 0.15) is 26.3 Å². The number of rotatable bonds is 5. The van der Waals surface area contributed by atoms with Gasteiger partial charge in [-0.3, -0.25) is 14.7 Å². The maximum absolute atomic E-state index is 11.9. The van der Waals surface area contributed by atoms with Gasteiger partial charge in [-0.1, -0.05) is 6.07 Å². The monoisotopic (exact) mass is 303 g/mol. The van der Waals surface area contributed by atoms with Crippen molar-refractivity contribution in [2.45, 2.75) is 39.0 Å². The molecule has 3 atom stereocenters. The van der Waals surface area contributed by atoms with Crippen LogP contribution in [0.5, 0.6) is 0 Å². The Hall–Kier alpha value is -1.72. The zero-order valence-corrected chi connectivity index (χ0v) is 13.5. The van der Waals surface area contributed by atoms with E-state index in [-0.39, 0.29) is 18.1 Å². The minimum atomic E-state index is -0.0786. The number of nitrogens with one attached hydrogen (secondary N) is 1. The average Bonchev–Trinajstić information content (AvgIpc) is 2.50. The molecular formula is C17H25N3O2. The molecule has 1 N–H and O–H groups in total. The Balaban J connectivity index is 1.77. The number of amides is 1. The van der Waals surface area contributed by atoms with E-state index in [1.807, 2.05) is 12.1 Å². The quantitative estimate of drug-likeness (QED) is 0.841. The molecule has 0 saturated carbocycles. The molecule has 1 aromatic rings. The third-order valence-electron chi connectivity index (χ3n) is 3.75. The second-order valence-corrected chi connectivity index (χ2v) is 5.93. The summed E-state index contributed by atoms with van der Waals surface area (Å²) in [5.41, 5.74) is 0.918. The van der Waals surface area contributed by atoms with Crippen LogP contribution in [0.2, 0.25) is 0 Å². The van der Waals surface area contributed by atoms with Crippen molar-refractivity contribution in [3.63, 3.8) is 0 Å². The summed E-state index contributed by atoms with van der Waals surface area (Å²) in [6.45, 7) is 8.76. The van der Waals surface area contributed by atoms with Crippen molar-refractivity contribution in [3.8, 4) is 0 Å². The summed E-state index contributed by atoms with van der Waals surface area (Å²) >= 11 is 0. The van der Waals surface area contributed by atoms with Gasteiger partial charge in [0.25, 0.3) is 0 Å².